The van der Waals surface area contributed by atoms with Crippen LogP contribution in [-0.2, 0) is 14.4 Å². The topological polar surface area (TPSA) is 73.9 Å². The summed E-state index contributed by atoms with van der Waals surface area (Å²) in [6.07, 6.45) is 4.22. The van der Waals surface area contributed by atoms with Crippen molar-refractivity contribution in [1.29, 1.82) is 0 Å². The van der Waals surface area contributed by atoms with Crippen molar-refractivity contribution in [3.63, 3.8) is 0 Å². The molecule has 6 heteroatoms. The molecule has 0 aliphatic carbocycles. The first-order valence-electron chi connectivity index (χ1n) is 6.29. The number of nitrogens with two attached hydrogens (primary N) is 1. The van der Waals surface area contributed by atoms with Crippen LogP contribution in [0.4, 0.5) is 0 Å². The molecule has 1 unspecified atom stereocenters. The van der Waals surface area contributed by atoms with Gasteiger partial charge >= 0.3 is 5.97 Å². The highest BCUT2D eigenvalue weighted by molar-refractivity contribution is 5.94. The molecule has 1 heterocycles. The molecule has 18 heavy (non-hydrogen) atoms. The van der Waals surface area contributed by atoms with Gasteiger partial charge in [-0.1, -0.05) is 24.9 Å². The van der Waals surface area contributed by atoms with Crippen LogP contribution >= 0.6 is 12.4 Å². The predicted molar refractivity (Wildman–Crippen MR) is 72.9 cm³/mol. The molecule has 106 valence electrons. The molecule has 5 nitrogen and oxygen atoms in total. The number of esters is 1. The summed E-state index contributed by atoms with van der Waals surface area (Å²) in [7, 11) is 0. The van der Waals surface area contributed by atoms with Gasteiger partial charge in [0.1, 0.15) is 0 Å². The van der Waals surface area contributed by atoms with Crippen molar-refractivity contribution in [1.82, 2.24) is 0 Å². The molecular weight excluding hydrogens is 256 g/mol. The van der Waals surface area contributed by atoms with Crippen molar-refractivity contribution < 1.29 is 14.4 Å². The Bertz CT molecular complexity index is 297. The Morgan fingerprint density at radius 3 is 2.72 bits per heavy atom. The van der Waals surface area contributed by atoms with Gasteiger partial charge in [-0.3, -0.25) is 0 Å². The van der Waals surface area contributed by atoms with E-state index in [2.05, 4.69) is 12.1 Å². The van der Waals surface area contributed by atoms with Gasteiger partial charge in [0, 0.05) is 19.4 Å². The number of hydrogen-bond donors (Lipinski definition) is 1. The molecule has 0 aromatic rings. The molecule has 1 aliphatic rings. The Hall–Kier alpha value is -0.810. The molecule has 1 aliphatic heterocycles. The van der Waals surface area contributed by atoms with Gasteiger partial charge in [-0.25, -0.2) is 4.79 Å². The van der Waals surface area contributed by atoms with Gasteiger partial charge in [-0.15, -0.1) is 12.4 Å². The molecule has 0 amide bonds. The average molecular weight is 279 g/mol. The van der Waals surface area contributed by atoms with E-state index < -0.39 is 5.60 Å². The number of halogens is 1. The number of carbonyl (C=O) groups is 1. The van der Waals surface area contributed by atoms with Crippen molar-refractivity contribution in [2.24, 2.45) is 10.9 Å². The lowest BCUT2D eigenvalue weighted by Gasteiger charge is -2.24. The molecule has 1 rings (SSSR count). The van der Waals surface area contributed by atoms with Crippen molar-refractivity contribution in [2.45, 2.75) is 51.6 Å². The smallest absolute Gasteiger partial charge is 0.353 e. The molecule has 0 saturated heterocycles. The lowest BCUT2D eigenvalue weighted by molar-refractivity contribution is -0.170. The highest BCUT2D eigenvalue weighted by Crippen LogP contribution is 2.31. The zero-order valence-corrected chi connectivity index (χ0v) is 11.9. The van der Waals surface area contributed by atoms with Crippen molar-refractivity contribution >= 4 is 24.1 Å². The number of rotatable bonds is 7. The normalized spacial score (nSPS) is 21.8. The standard InChI is InChI=1S/C12H22N2O3.ClH/c1-3-5-6-7-12(11(15)16-4-2)8-10(9-13)14-17-12;/h3-9,13H2,1-2H3;1H. The van der Waals surface area contributed by atoms with Gasteiger partial charge in [0.2, 0.25) is 5.60 Å². The second kappa shape index (κ2) is 8.32. The van der Waals surface area contributed by atoms with Crippen LogP contribution in [-0.4, -0.2) is 30.4 Å². The molecular formula is C12H23ClN2O3. The number of carbonyl (C=O) groups excluding carboxylic acids is 1. The van der Waals surface area contributed by atoms with Crippen LogP contribution in [0.15, 0.2) is 5.16 Å². The Morgan fingerprint density at radius 2 is 2.22 bits per heavy atom. The molecule has 0 aromatic carbocycles. The fraction of sp³-hybridized carbons (Fsp3) is 0.833. The van der Waals surface area contributed by atoms with E-state index in [1.54, 1.807) is 6.92 Å². The van der Waals surface area contributed by atoms with Crippen LogP contribution in [0.2, 0.25) is 0 Å². The molecule has 0 spiro atoms. The van der Waals surface area contributed by atoms with Crippen molar-refractivity contribution in [2.75, 3.05) is 13.2 Å². The van der Waals surface area contributed by atoms with E-state index in [9.17, 15) is 4.79 Å². The summed E-state index contributed by atoms with van der Waals surface area (Å²) in [4.78, 5) is 17.3. The largest absolute Gasteiger partial charge is 0.463 e. The molecule has 0 fully saturated rings. The van der Waals surface area contributed by atoms with Crippen LogP contribution < -0.4 is 5.73 Å². The molecule has 1 atom stereocenters. The summed E-state index contributed by atoms with van der Waals surface area (Å²) >= 11 is 0. The van der Waals surface area contributed by atoms with Gasteiger partial charge < -0.3 is 15.3 Å². The summed E-state index contributed by atoms with van der Waals surface area (Å²) < 4.78 is 5.07. The summed E-state index contributed by atoms with van der Waals surface area (Å²) in [6.45, 7) is 4.59. The van der Waals surface area contributed by atoms with Gasteiger partial charge in [0.15, 0.2) is 0 Å². The first-order valence-corrected chi connectivity index (χ1v) is 6.29. The van der Waals surface area contributed by atoms with Gasteiger partial charge in [0.25, 0.3) is 0 Å². The van der Waals surface area contributed by atoms with Crippen LogP contribution in [0.25, 0.3) is 0 Å². The highest BCUT2D eigenvalue weighted by Gasteiger charge is 2.46. The fourth-order valence-electron chi connectivity index (χ4n) is 1.92. The van der Waals surface area contributed by atoms with E-state index in [-0.39, 0.29) is 18.4 Å². The molecule has 0 aromatic heterocycles. The summed E-state index contributed by atoms with van der Waals surface area (Å²) in [5.41, 5.74) is 5.34. The van der Waals surface area contributed by atoms with E-state index in [1.165, 1.54) is 0 Å². The maximum absolute atomic E-state index is 12.0. The Labute approximate surface area is 114 Å². The number of ether oxygens (including phenoxy) is 1. The van der Waals surface area contributed by atoms with E-state index in [1.807, 2.05) is 0 Å². The predicted octanol–water partition coefficient (Wildman–Crippen LogP) is 2.03. The molecule has 0 saturated carbocycles. The second-order valence-corrected chi connectivity index (χ2v) is 4.30. The zero-order chi connectivity index (χ0) is 12.7. The molecule has 0 radical (unpaired) electrons. The quantitative estimate of drug-likeness (QED) is 0.571. The van der Waals surface area contributed by atoms with Crippen molar-refractivity contribution in [3.05, 3.63) is 0 Å². The van der Waals surface area contributed by atoms with E-state index in [4.69, 9.17) is 15.3 Å². The fourth-order valence-corrected chi connectivity index (χ4v) is 1.92. The third kappa shape index (κ3) is 4.14. The summed E-state index contributed by atoms with van der Waals surface area (Å²) in [5, 5.41) is 3.88. The minimum atomic E-state index is -0.917. The van der Waals surface area contributed by atoms with Gasteiger partial charge in [0.05, 0.1) is 12.3 Å². The molecule has 0 bridgehead atoms. The first kappa shape index (κ1) is 17.2. The van der Waals surface area contributed by atoms with E-state index in [0.717, 1.165) is 25.0 Å². The maximum atomic E-state index is 12.0. The summed E-state index contributed by atoms with van der Waals surface area (Å²) in [5.74, 6) is -0.316. The number of oxime groups is 1. The third-order valence-corrected chi connectivity index (χ3v) is 2.91. The lowest BCUT2D eigenvalue weighted by Crippen LogP contribution is -2.41. The SMILES string of the molecule is CCCCCC1(C(=O)OCC)CC(CN)=NO1.Cl. The van der Waals surface area contributed by atoms with Crippen LogP contribution in [0.5, 0.6) is 0 Å². The van der Waals surface area contributed by atoms with Crippen LogP contribution in [0.1, 0.15) is 46.0 Å². The first-order chi connectivity index (χ1) is 8.18. The van der Waals surface area contributed by atoms with Crippen LogP contribution in [0, 0.1) is 0 Å². The van der Waals surface area contributed by atoms with E-state index >= 15 is 0 Å². The average Bonchev–Trinajstić information content (AvgIpc) is 2.75. The van der Waals surface area contributed by atoms with Gasteiger partial charge in [-0.2, -0.15) is 0 Å². The third-order valence-electron chi connectivity index (χ3n) is 2.91. The lowest BCUT2D eigenvalue weighted by atomic mass is 9.91. The molecule has 2 N–H and O–H groups in total. The van der Waals surface area contributed by atoms with Crippen molar-refractivity contribution in [3.8, 4) is 0 Å². The minimum Gasteiger partial charge on any atom is -0.463 e. The number of unbranched alkanes of at least 4 members (excludes halogenated alkanes) is 2. The summed E-state index contributed by atoms with van der Waals surface area (Å²) in [6, 6.07) is 0. The zero-order valence-electron chi connectivity index (χ0n) is 11.1. The van der Waals surface area contributed by atoms with E-state index in [0.29, 0.717) is 26.0 Å². The monoisotopic (exact) mass is 278 g/mol. The maximum Gasteiger partial charge on any atom is 0.353 e. The number of hydrogen-bond acceptors (Lipinski definition) is 5. The van der Waals surface area contributed by atoms with Crippen LogP contribution in [0.3, 0.4) is 0 Å². The number of nitrogens with zero attached hydrogens (tertiary/aromatic N) is 1. The second-order valence-electron chi connectivity index (χ2n) is 4.30. The Kier molecular flexibility index (Phi) is 7.95. The Balaban J connectivity index is 0.00000289. The Morgan fingerprint density at radius 1 is 1.50 bits per heavy atom. The minimum absolute atomic E-state index is 0. The van der Waals surface area contributed by atoms with Gasteiger partial charge in [-0.05, 0) is 13.3 Å². The highest BCUT2D eigenvalue weighted by atomic mass is 35.5.